The minimum Gasteiger partial charge on any atom is -0.372 e. The van der Waals surface area contributed by atoms with E-state index in [1.165, 1.54) is 0 Å². The van der Waals surface area contributed by atoms with E-state index in [0.717, 1.165) is 6.20 Å². The Morgan fingerprint density at radius 2 is 1.89 bits per heavy atom. The molecule has 19 heavy (non-hydrogen) atoms. The van der Waals surface area contributed by atoms with Gasteiger partial charge in [-0.05, 0) is 0 Å². The molecule has 0 fully saturated rings. The molecule has 1 aromatic rings. The number of halogens is 6. The van der Waals surface area contributed by atoms with Gasteiger partial charge in [0, 0.05) is 12.6 Å². The lowest BCUT2D eigenvalue weighted by Crippen LogP contribution is -2.18. The van der Waals surface area contributed by atoms with Crippen molar-refractivity contribution in [3.8, 4) is 0 Å². The summed E-state index contributed by atoms with van der Waals surface area (Å²) in [6, 6.07) is 0. The Morgan fingerprint density at radius 3 is 2.37 bits per heavy atom. The molecule has 0 unspecified atom stereocenters. The van der Waals surface area contributed by atoms with Gasteiger partial charge in [-0.25, -0.2) is 4.98 Å². The maximum atomic E-state index is 12.2. The van der Waals surface area contributed by atoms with E-state index >= 15 is 0 Å². The van der Waals surface area contributed by atoms with E-state index in [1.807, 2.05) is 0 Å². The molecule has 0 amide bonds. The zero-order valence-corrected chi connectivity index (χ0v) is 9.95. The second kappa shape index (κ2) is 5.87. The number of hydrogen-bond donors (Lipinski definition) is 0. The number of ketones is 1. The molecule has 0 spiro atoms. The first-order chi connectivity index (χ1) is 8.59. The third kappa shape index (κ3) is 5.55. The van der Waals surface area contributed by atoms with Crippen LogP contribution in [0.4, 0.5) is 26.3 Å². The van der Waals surface area contributed by atoms with Crippen LogP contribution >= 0.6 is 11.3 Å². The highest BCUT2D eigenvalue weighted by Gasteiger charge is 2.35. The molecule has 10 heteroatoms. The number of alkyl halides is 6. The van der Waals surface area contributed by atoms with Gasteiger partial charge in [-0.2, -0.15) is 26.3 Å². The van der Waals surface area contributed by atoms with E-state index in [2.05, 4.69) is 9.72 Å². The zero-order chi connectivity index (χ0) is 14.7. The van der Waals surface area contributed by atoms with Crippen molar-refractivity contribution in [1.29, 1.82) is 0 Å². The van der Waals surface area contributed by atoms with Gasteiger partial charge in [0.1, 0.15) is 6.61 Å². The van der Waals surface area contributed by atoms with Crippen LogP contribution in [-0.2, 0) is 10.9 Å². The number of carbonyl (C=O) groups is 1. The summed E-state index contributed by atoms with van der Waals surface area (Å²) < 4.78 is 75.8. The van der Waals surface area contributed by atoms with Gasteiger partial charge in [0.25, 0.3) is 0 Å². The molecule has 1 rings (SSSR count). The number of thiazole rings is 1. The van der Waals surface area contributed by atoms with E-state index in [9.17, 15) is 31.1 Å². The lowest BCUT2D eigenvalue weighted by molar-refractivity contribution is -0.173. The average Bonchev–Trinajstić information content (AvgIpc) is 2.71. The third-order valence-electron chi connectivity index (χ3n) is 1.76. The van der Waals surface area contributed by atoms with Crippen molar-refractivity contribution < 1.29 is 35.9 Å². The summed E-state index contributed by atoms with van der Waals surface area (Å²) in [7, 11) is 0. The van der Waals surface area contributed by atoms with Gasteiger partial charge in [-0.15, -0.1) is 11.3 Å². The SMILES string of the molecule is O=C(CCOCC(F)(F)F)c1cnc(C(F)(F)F)s1. The molecule has 0 N–H and O–H groups in total. The number of ether oxygens (including phenoxy) is 1. The Kier molecular flexibility index (Phi) is 4.91. The standard InChI is InChI=1S/C9H7F6NO2S/c10-8(11,12)4-18-2-1-5(17)6-3-16-7(19-6)9(13,14)15/h3H,1-2,4H2. The maximum absolute atomic E-state index is 12.2. The Bertz CT molecular complexity index is 439. The van der Waals surface area contributed by atoms with Crippen LogP contribution in [0.5, 0.6) is 0 Å². The topological polar surface area (TPSA) is 39.2 Å². The Labute approximate surface area is 107 Å². The van der Waals surface area contributed by atoms with Crippen LogP contribution < -0.4 is 0 Å². The molecule has 0 atom stereocenters. The van der Waals surface area contributed by atoms with E-state index in [1.54, 1.807) is 0 Å². The molecule has 0 aliphatic rings. The Balaban J connectivity index is 2.44. The van der Waals surface area contributed by atoms with Crippen molar-refractivity contribution in [2.75, 3.05) is 13.2 Å². The number of rotatable bonds is 5. The number of nitrogens with zero attached hydrogens (tertiary/aromatic N) is 1. The second-order valence-electron chi connectivity index (χ2n) is 3.37. The summed E-state index contributed by atoms with van der Waals surface area (Å²) in [6.45, 7) is -2.02. The van der Waals surface area contributed by atoms with Crippen LogP contribution in [0.3, 0.4) is 0 Å². The lowest BCUT2D eigenvalue weighted by Gasteiger charge is -2.06. The van der Waals surface area contributed by atoms with Gasteiger partial charge in [0.15, 0.2) is 10.8 Å². The molecule has 1 heterocycles. The molecule has 0 aliphatic carbocycles. The van der Waals surface area contributed by atoms with Crippen LogP contribution in [0.1, 0.15) is 21.1 Å². The van der Waals surface area contributed by atoms with Gasteiger partial charge >= 0.3 is 12.4 Å². The minimum atomic E-state index is -4.64. The van der Waals surface area contributed by atoms with Crippen LogP contribution in [-0.4, -0.2) is 30.2 Å². The van der Waals surface area contributed by atoms with E-state index in [-0.39, 0.29) is 16.2 Å². The molecule has 0 bridgehead atoms. The first kappa shape index (κ1) is 15.9. The molecule has 1 aromatic heterocycles. The fourth-order valence-corrected chi connectivity index (χ4v) is 1.76. The first-order valence-corrected chi connectivity index (χ1v) is 5.62. The summed E-state index contributed by atoms with van der Waals surface area (Å²) in [5.74, 6) is -0.741. The molecule has 0 saturated heterocycles. The maximum Gasteiger partial charge on any atom is 0.443 e. The van der Waals surface area contributed by atoms with E-state index in [4.69, 9.17) is 0 Å². The number of aromatic nitrogens is 1. The lowest BCUT2D eigenvalue weighted by atomic mass is 10.3. The fraction of sp³-hybridized carbons (Fsp3) is 0.556. The molecule has 0 saturated carbocycles. The average molecular weight is 307 g/mol. The van der Waals surface area contributed by atoms with Crippen molar-refractivity contribution in [3.63, 3.8) is 0 Å². The van der Waals surface area contributed by atoms with Crippen molar-refractivity contribution in [1.82, 2.24) is 4.98 Å². The van der Waals surface area contributed by atoms with Crippen LogP contribution in [0.25, 0.3) is 0 Å². The number of hydrogen-bond acceptors (Lipinski definition) is 4. The molecule has 0 aliphatic heterocycles. The third-order valence-corrected chi connectivity index (χ3v) is 2.85. The van der Waals surface area contributed by atoms with Crippen LogP contribution in [0, 0.1) is 0 Å². The van der Waals surface area contributed by atoms with Crippen molar-refractivity contribution in [3.05, 3.63) is 16.1 Å². The number of Topliss-reactive ketones (excluding diaryl/α,β-unsaturated/α-hetero) is 1. The van der Waals surface area contributed by atoms with Gasteiger partial charge in [-0.1, -0.05) is 0 Å². The summed E-state index contributed by atoms with van der Waals surface area (Å²) in [6.07, 6.45) is -8.83. The highest BCUT2D eigenvalue weighted by Crippen LogP contribution is 2.32. The summed E-state index contributed by atoms with van der Waals surface area (Å²) in [4.78, 5) is 14.1. The van der Waals surface area contributed by atoms with Gasteiger partial charge < -0.3 is 4.74 Å². The van der Waals surface area contributed by atoms with E-state index in [0.29, 0.717) is 0 Å². The van der Waals surface area contributed by atoms with Gasteiger partial charge in [0.05, 0.1) is 11.5 Å². The van der Waals surface area contributed by atoms with Crippen molar-refractivity contribution >= 4 is 17.1 Å². The van der Waals surface area contributed by atoms with Gasteiger partial charge in [-0.3, -0.25) is 4.79 Å². The highest BCUT2D eigenvalue weighted by molar-refractivity contribution is 7.13. The highest BCUT2D eigenvalue weighted by atomic mass is 32.1. The largest absolute Gasteiger partial charge is 0.443 e. The molecule has 0 radical (unpaired) electrons. The molecular formula is C9H7F6NO2S. The molecule has 108 valence electrons. The molecular weight excluding hydrogens is 300 g/mol. The minimum absolute atomic E-state index is 0.148. The summed E-state index contributed by atoms with van der Waals surface area (Å²) >= 11 is 0.148. The smallest absolute Gasteiger partial charge is 0.372 e. The predicted octanol–water partition coefficient (Wildman–Crippen LogP) is 3.31. The second-order valence-corrected chi connectivity index (χ2v) is 4.40. The number of carbonyl (C=O) groups excluding carboxylic acids is 1. The monoisotopic (exact) mass is 307 g/mol. The zero-order valence-electron chi connectivity index (χ0n) is 9.14. The molecule has 0 aromatic carbocycles. The Morgan fingerprint density at radius 1 is 1.26 bits per heavy atom. The first-order valence-electron chi connectivity index (χ1n) is 4.80. The quantitative estimate of drug-likeness (QED) is 0.476. The van der Waals surface area contributed by atoms with Crippen LogP contribution in [0.2, 0.25) is 0 Å². The Hall–Kier alpha value is -1.16. The summed E-state index contributed by atoms with van der Waals surface area (Å²) in [5.41, 5.74) is 0. The van der Waals surface area contributed by atoms with Crippen molar-refractivity contribution in [2.24, 2.45) is 0 Å². The summed E-state index contributed by atoms with van der Waals surface area (Å²) in [5, 5.41) is -1.17. The molecule has 3 nitrogen and oxygen atoms in total. The van der Waals surface area contributed by atoms with Gasteiger partial charge in [0.2, 0.25) is 0 Å². The predicted molar refractivity (Wildman–Crippen MR) is 52.9 cm³/mol. The fourth-order valence-electron chi connectivity index (χ4n) is 1.01. The van der Waals surface area contributed by atoms with Crippen LogP contribution in [0.15, 0.2) is 6.20 Å². The normalized spacial score (nSPS) is 12.7. The van der Waals surface area contributed by atoms with E-state index < -0.39 is 42.8 Å². The van der Waals surface area contributed by atoms with Crippen molar-refractivity contribution in [2.45, 2.75) is 18.8 Å².